The second-order valence-corrected chi connectivity index (χ2v) is 7.79. The van der Waals surface area contributed by atoms with Crippen LogP contribution in [0, 0.1) is 30.1 Å². The third-order valence-corrected chi connectivity index (χ3v) is 6.24. The van der Waals surface area contributed by atoms with Crippen molar-refractivity contribution in [3.63, 3.8) is 0 Å². The quantitative estimate of drug-likeness (QED) is 0.649. The molecule has 4 aliphatic carbocycles. The van der Waals surface area contributed by atoms with Crippen LogP contribution in [-0.2, 0) is 0 Å². The van der Waals surface area contributed by atoms with Gasteiger partial charge in [0.15, 0.2) is 0 Å². The zero-order chi connectivity index (χ0) is 13.7. The molecule has 1 aromatic rings. The molecule has 0 heterocycles. The van der Waals surface area contributed by atoms with Crippen LogP contribution in [-0.4, -0.2) is 0 Å². The van der Waals surface area contributed by atoms with Gasteiger partial charge in [0.2, 0.25) is 0 Å². The van der Waals surface area contributed by atoms with Gasteiger partial charge in [-0.25, -0.2) is 0 Å². The molecule has 20 heavy (non-hydrogen) atoms. The SMILES string of the molecule is Cc1cccc(C(NN)C23CC4CC(CC(C4)C2)C3)c1. The first-order valence-electron chi connectivity index (χ1n) is 8.21. The molecule has 3 N–H and O–H groups in total. The Morgan fingerprint density at radius 1 is 1.10 bits per heavy atom. The number of aryl methyl sites for hydroxylation is 1. The van der Waals surface area contributed by atoms with Crippen molar-refractivity contribution in [2.45, 2.75) is 51.5 Å². The molecule has 0 aromatic heterocycles. The van der Waals surface area contributed by atoms with E-state index >= 15 is 0 Å². The highest BCUT2D eigenvalue weighted by Gasteiger charge is 2.54. The van der Waals surface area contributed by atoms with Crippen molar-refractivity contribution in [1.82, 2.24) is 5.43 Å². The van der Waals surface area contributed by atoms with Gasteiger partial charge in [-0.2, -0.15) is 0 Å². The normalized spacial score (nSPS) is 40.0. The molecule has 0 aliphatic heterocycles. The molecular weight excluding hydrogens is 244 g/mol. The number of hydrazine groups is 1. The zero-order valence-electron chi connectivity index (χ0n) is 12.4. The van der Waals surface area contributed by atoms with Crippen molar-refractivity contribution >= 4 is 0 Å². The molecule has 0 amide bonds. The highest BCUT2D eigenvalue weighted by Crippen LogP contribution is 2.63. The van der Waals surface area contributed by atoms with Gasteiger partial charge in [-0.05, 0) is 74.2 Å². The van der Waals surface area contributed by atoms with E-state index in [0.717, 1.165) is 17.8 Å². The maximum absolute atomic E-state index is 6.03. The first kappa shape index (κ1) is 12.8. The van der Waals surface area contributed by atoms with E-state index in [2.05, 4.69) is 36.6 Å². The van der Waals surface area contributed by atoms with Crippen molar-refractivity contribution in [3.8, 4) is 0 Å². The minimum Gasteiger partial charge on any atom is -0.271 e. The van der Waals surface area contributed by atoms with Gasteiger partial charge < -0.3 is 0 Å². The highest BCUT2D eigenvalue weighted by atomic mass is 15.2. The third kappa shape index (κ3) is 1.93. The molecule has 4 aliphatic rings. The topological polar surface area (TPSA) is 38.0 Å². The minimum atomic E-state index is 0.343. The van der Waals surface area contributed by atoms with E-state index in [0.29, 0.717) is 11.5 Å². The van der Waals surface area contributed by atoms with E-state index in [-0.39, 0.29) is 0 Å². The maximum Gasteiger partial charge on any atom is 0.0516 e. The van der Waals surface area contributed by atoms with Crippen molar-refractivity contribution in [2.75, 3.05) is 0 Å². The molecular formula is C18H26N2. The van der Waals surface area contributed by atoms with Gasteiger partial charge in [0.1, 0.15) is 0 Å². The Hall–Kier alpha value is -0.860. The average molecular weight is 270 g/mol. The van der Waals surface area contributed by atoms with E-state index in [1.165, 1.54) is 49.7 Å². The third-order valence-electron chi connectivity index (χ3n) is 6.24. The molecule has 0 saturated heterocycles. The zero-order valence-corrected chi connectivity index (χ0v) is 12.4. The van der Waals surface area contributed by atoms with Crippen LogP contribution in [0.25, 0.3) is 0 Å². The maximum atomic E-state index is 6.03. The van der Waals surface area contributed by atoms with Gasteiger partial charge >= 0.3 is 0 Å². The number of hydrogen-bond donors (Lipinski definition) is 2. The summed E-state index contributed by atoms with van der Waals surface area (Å²) in [6, 6.07) is 9.28. The van der Waals surface area contributed by atoms with Crippen molar-refractivity contribution in [3.05, 3.63) is 35.4 Å². The smallest absolute Gasteiger partial charge is 0.0516 e. The van der Waals surface area contributed by atoms with Gasteiger partial charge in [-0.1, -0.05) is 29.8 Å². The van der Waals surface area contributed by atoms with E-state index < -0.39 is 0 Å². The fourth-order valence-corrected chi connectivity index (χ4v) is 6.01. The number of rotatable bonds is 3. The summed E-state index contributed by atoms with van der Waals surface area (Å²) in [7, 11) is 0. The van der Waals surface area contributed by atoms with Crippen LogP contribution in [0.15, 0.2) is 24.3 Å². The van der Waals surface area contributed by atoms with Crippen LogP contribution < -0.4 is 11.3 Å². The molecule has 108 valence electrons. The highest BCUT2D eigenvalue weighted by molar-refractivity contribution is 5.28. The summed E-state index contributed by atoms with van der Waals surface area (Å²) in [6.45, 7) is 2.18. The van der Waals surface area contributed by atoms with Gasteiger partial charge in [0, 0.05) is 0 Å². The number of benzene rings is 1. The van der Waals surface area contributed by atoms with Crippen molar-refractivity contribution < 1.29 is 0 Å². The van der Waals surface area contributed by atoms with Crippen LogP contribution >= 0.6 is 0 Å². The fourth-order valence-electron chi connectivity index (χ4n) is 6.01. The minimum absolute atomic E-state index is 0.343. The number of hydrogen-bond acceptors (Lipinski definition) is 2. The number of nitrogens with one attached hydrogen (secondary N) is 1. The molecule has 4 saturated carbocycles. The van der Waals surface area contributed by atoms with E-state index in [9.17, 15) is 0 Å². The van der Waals surface area contributed by atoms with Gasteiger partial charge in [-0.15, -0.1) is 0 Å². The Bertz CT molecular complexity index is 473. The summed E-state index contributed by atoms with van der Waals surface area (Å²) < 4.78 is 0. The molecule has 1 atom stereocenters. The average Bonchev–Trinajstić information content (AvgIpc) is 2.37. The monoisotopic (exact) mass is 270 g/mol. The predicted octanol–water partition coefficient (Wildman–Crippen LogP) is 3.72. The fraction of sp³-hybridized carbons (Fsp3) is 0.667. The molecule has 1 aromatic carbocycles. The summed E-state index contributed by atoms with van der Waals surface area (Å²) in [5.41, 5.74) is 6.37. The first-order valence-corrected chi connectivity index (χ1v) is 8.21. The van der Waals surface area contributed by atoms with Crippen LogP contribution in [0.2, 0.25) is 0 Å². The summed E-state index contributed by atoms with van der Waals surface area (Å²) >= 11 is 0. The van der Waals surface area contributed by atoms with Crippen LogP contribution in [0.4, 0.5) is 0 Å². The van der Waals surface area contributed by atoms with Crippen LogP contribution in [0.5, 0.6) is 0 Å². The summed E-state index contributed by atoms with van der Waals surface area (Å²) in [5, 5.41) is 0. The Labute approximate surface area is 122 Å². The Balaban J connectivity index is 1.70. The van der Waals surface area contributed by atoms with Gasteiger partial charge in [-0.3, -0.25) is 11.3 Å². The lowest BCUT2D eigenvalue weighted by Crippen LogP contribution is -2.53. The van der Waals surface area contributed by atoms with Crippen LogP contribution in [0.1, 0.15) is 55.7 Å². The second kappa shape index (κ2) is 4.57. The second-order valence-electron chi connectivity index (χ2n) is 7.79. The predicted molar refractivity (Wildman–Crippen MR) is 81.8 cm³/mol. The van der Waals surface area contributed by atoms with E-state index in [1.807, 2.05) is 0 Å². The van der Waals surface area contributed by atoms with Gasteiger partial charge in [0.05, 0.1) is 6.04 Å². The molecule has 1 unspecified atom stereocenters. The largest absolute Gasteiger partial charge is 0.271 e. The molecule has 0 spiro atoms. The lowest BCUT2D eigenvalue weighted by atomic mass is 9.47. The lowest BCUT2D eigenvalue weighted by Gasteiger charge is -2.59. The van der Waals surface area contributed by atoms with Crippen LogP contribution in [0.3, 0.4) is 0 Å². The molecule has 2 heteroatoms. The van der Waals surface area contributed by atoms with Gasteiger partial charge in [0.25, 0.3) is 0 Å². The van der Waals surface area contributed by atoms with Crippen molar-refractivity contribution in [2.24, 2.45) is 29.0 Å². The molecule has 4 bridgehead atoms. The summed E-state index contributed by atoms with van der Waals surface area (Å²) in [4.78, 5) is 0. The molecule has 4 fully saturated rings. The first-order chi connectivity index (χ1) is 9.68. The Kier molecular flexibility index (Phi) is 2.94. The van der Waals surface area contributed by atoms with E-state index in [1.54, 1.807) is 0 Å². The molecule has 5 rings (SSSR count). The Morgan fingerprint density at radius 3 is 2.20 bits per heavy atom. The molecule has 0 radical (unpaired) electrons. The lowest BCUT2D eigenvalue weighted by molar-refractivity contribution is -0.0749. The number of nitrogens with two attached hydrogens (primary N) is 1. The Morgan fingerprint density at radius 2 is 1.70 bits per heavy atom. The van der Waals surface area contributed by atoms with Crippen molar-refractivity contribution in [1.29, 1.82) is 0 Å². The molecule has 2 nitrogen and oxygen atoms in total. The van der Waals surface area contributed by atoms with E-state index in [4.69, 9.17) is 5.84 Å². The summed E-state index contributed by atoms with van der Waals surface area (Å²) in [6.07, 6.45) is 8.64. The summed E-state index contributed by atoms with van der Waals surface area (Å²) in [5.74, 6) is 8.95. The standard InChI is InChI=1S/C18H26N2/c1-12-3-2-4-16(5-12)17(20-19)18-9-13-6-14(10-18)8-15(7-13)11-18/h2-5,13-15,17,20H,6-11,19H2,1H3.